The summed E-state index contributed by atoms with van der Waals surface area (Å²) in [5, 5.41) is 11.0. The van der Waals surface area contributed by atoms with Gasteiger partial charge in [0.25, 0.3) is 5.56 Å². The lowest BCUT2D eigenvalue weighted by molar-refractivity contribution is -0.386. The molecular weight excluding hydrogens is 606 g/mol. The molecule has 250 valence electrons. The third-order valence-corrected chi connectivity index (χ3v) is 8.41. The lowest BCUT2D eigenvalue weighted by Gasteiger charge is -2.09. The molecular formula is C37H43N7O4. The van der Waals surface area contributed by atoms with Gasteiger partial charge in [-0.3, -0.25) is 24.7 Å². The maximum atomic E-state index is 12.4. The second kappa shape index (κ2) is 14.2. The van der Waals surface area contributed by atoms with Crippen molar-refractivity contribution in [3.63, 3.8) is 0 Å². The SMILES string of the molecule is Cc1ccc(N)c(=O)n1Cc1nc2c(CC(C)C)cccc2[nH]1.Cc1ccc([N+](=O)[O-])c(=O)n1CC1=Nc2c(cccc2CC(C)C)C1. The average Bonchev–Trinajstić information content (AvgIpc) is 3.64. The first-order valence-electron chi connectivity index (χ1n) is 16.3. The number of aliphatic imine (C=N–C) groups is 1. The molecule has 11 heteroatoms. The second-order valence-corrected chi connectivity index (χ2v) is 13.3. The number of para-hydroxylation sites is 2. The smallest absolute Gasteiger partial charge is 0.334 e. The molecule has 0 saturated carbocycles. The summed E-state index contributed by atoms with van der Waals surface area (Å²) in [4.78, 5) is 47.7. The molecule has 0 atom stereocenters. The third-order valence-electron chi connectivity index (χ3n) is 8.41. The number of aromatic nitrogens is 4. The van der Waals surface area contributed by atoms with E-state index in [1.54, 1.807) is 23.6 Å². The van der Waals surface area contributed by atoms with E-state index in [1.165, 1.54) is 21.8 Å². The molecule has 6 rings (SSSR count). The Morgan fingerprint density at radius 2 is 1.48 bits per heavy atom. The van der Waals surface area contributed by atoms with Gasteiger partial charge in [-0.1, -0.05) is 58.0 Å². The van der Waals surface area contributed by atoms with Gasteiger partial charge in [0.1, 0.15) is 5.82 Å². The highest BCUT2D eigenvalue weighted by atomic mass is 16.6. The van der Waals surface area contributed by atoms with Crippen LogP contribution in [0.25, 0.3) is 11.0 Å². The van der Waals surface area contributed by atoms with Crippen molar-refractivity contribution in [3.8, 4) is 0 Å². The summed E-state index contributed by atoms with van der Waals surface area (Å²) in [6, 6.07) is 18.7. The maximum Gasteiger partial charge on any atom is 0.334 e. The Morgan fingerprint density at radius 3 is 2.17 bits per heavy atom. The number of nitrogens with one attached hydrogen (secondary N) is 1. The van der Waals surface area contributed by atoms with Gasteiger partial charge in [0.05, 0.1) is 40.4 Å². The number of aryl methyl sites for hydroxylation is 2. The first kappa shape index (κ1) is 34.0. The van der Waals surface area contributed by atoms with Crippen molar-refractivity contribution in [1.29, 1.82) is 0 Å². The van der Waals surface area contributed by atoms with E-state index < -0.39 is 16.2 Å². The Hall–Kier alpha value is -5.32. The number of pyridine rings is 2. The van der Waals surface area contributed by atoms with Crippen molar-refractivity contribution in [2.24, 2.45) is 16.8 Å². The zero-order valence-corrected chi connectivity index (χ0v) is 28.4. The number of fused-ring (bicyclic) bond motifs is 2. The molecule has 0 radical (unpaired) electrons. The van der Waals surface area contributed by atoms with Crippen molar-refractivity contribution in [2.45, 2.75) is 73.9 Å². The van der Waals surface area contributed by atoms with Crippen LogP contribution in [-0.2, 0) is 32.4 Å². The Bertz CT molecular complexity index is 2140. The van der Waals surface area contributed by atoms with Crippen LogP contribution in [-0.4, -0.2) is 29.7 Å². The van der Waals surface area contributed by atoms with Gasteiger partial charge in [-0.05, 0) is 79.5 Å². The summed E-state index contributed by atoms with van der Waals surface area (Å²) in [6.45, 7) is 13.1. The first-order chi connectivity index (χ1) is 22.8. The molecule has 5 aromatic rings. The van der Waals surface area contributed by atoms with Gasteiger partial charge in [0, 0.05) is 29.6 Å². The Kier molecular flexibility index (Phi) is 10.1. The first-order valence-corrected chi connectivity index (χ1v) is 16.3. The molecule has 0 aliphatic carbocycles. The number of nitro groups is 1. The Morgan fingerprint density at radius 1 is 0.854 bits per heavy atom. The molecule has 0 unspecified atom stereocenters. The summed E-state index contributed by atoms with van der Waals surface area (Å²) in [5.41, 5.74) is 13.9. The summed E-state index contributed by atoms with van der Waals surface area (Å²) >= 11 is 0. The number of nitrogen functional groups attached to an aromatic ring is 1. The summed E-state index contributed by atoms with van der Waals surface area (Å²) in [7, 11) is 0. The predicted molar refractivity (Wildman–Crippen MR) is 191 cm³/mol. The van der Waals surface area contributed by atoms with Crippen molar-refractivity contribution < 1.29 is 4.92 Å². The van der Waals surface area contributed by atoms with Crippen molar-refractivity contribution in [1.82, 2.24) is 19.1 Å². The van der Waals surface area contributed by atoms with Crippen LogP contribution in [0.2, 0.25) is 0 Å². The quantitative estimate of drug-likeness (QED) is 0.138. The number of imidazole rings is 1. The van der Waals surface area contributed by atoms with Crippen LogP contribution in [0.4, 0.5) is 17.1 Å². The van der Waals surface area contributed by atoms with Crippen LogP contribution in [0.5, 0.6) is 0 Å². The molecule has 3 N–H and O–H groups in total. The topological polar surface area (TPSA) is 154 Å². The largest absolute Gasteiger partial charge is 0.394 e. The molecule has 3 aromatic heterocycles. The fourth-order valence-electron chi connectivity index (χ4n) is 6.08. The van der Waals surface area contributed by atoms with Gasteiger partial charge in [-0.2, -0.15) is 0 Å². The number of hydrogen-bond acceptors (Lipinski definition) is 7. The number of nitrogens with two attached hydrogens (primary N) is 1. The molecule has 0 spiro atoms. The number of anilines is 1. The number of hydrogen-bond donors (Lipinski definition) is 2. The monoisotopic (exact) mass is 649 g/mol. The van der Waals surface area contributed by atoms with Crippen LogP contribution in [0.1, 0.15) is 61.6 Å². The molecule has 0 fully saturated rings. The van der Waals surface area contributed by atoms with E-state index in [2.05, 4.69) is 50.9 Å². The highest BCUT2D eigenvalue weighted by Crippen LogP contribution is 2.32. The Labute approximate surface area is 279 Å². The van der Waals surface area contributed by atoms with Crippen molar-refractivity contribution >= 4 is 33.8 Å². The predicted octanol–water partition coefficient (Wildman–Crippen LogP) is 6.45. The summed E-state index contributed by atoms with van der Waals surface area (Å²) in [5.74, 6) is 1.87. The summed E-state index contributed by atoms with van der Waals surface area (Å²) < 4.78 is 3.08. The van der Waals surface area contributed by atoms with Crippen molar-refractivity contribution in [3.05, 3.63) is 125 Å². The normalized spacial score (nSPS) is 12.3. The van der Waals surface area contributed by atoms with E-state index in [0.717, 1.165) is 52.4 Å². The number of benzene rings is 2. The number of aromatic amines is 1. The molecule has 0 bridgehead atoms. The van der Waals surface area contributed by atoms with Crippen LogP contribution in [0, 0.1) is 35.8 Å². The van der Waals surface area contributed by atoms with Crippen LogP contribution >= 0.6 is 0 Å². The van der Waals surface area contributed by atoms with E-state index in [0.29, 0.717) is 30.5 Å². The fraction of sp³-hybridized carbons (Fsp3) is 0.351. The van der Waals surface area contributed by atoms with Crippen LogP contribution in [0.15, 0.2) is 75.2 Å². The molecule has 11 nitrogen and oxygen atoms in total. The maximum absolute atomic E-state index is 12.4. The van der Waals surface area contributed by atoms with Crippen LogP contribution in [0.3, 0.4) is 0 Å². The molecule has 0 saturated heterocycles. The van der Waals surface area contributed by atoms with E-state index in [4.69, 9.17) is 15.7 Å². The third kappa shape index (κ3) is 7.46. The molecule has 0 amide bonds. The zero-order valence-electron chi connectivity index (χ0n) is 28.4. The lowest BCUT2D eigenvalue weighted by Crippen LogP contribution is -2.27. The molecule has 1 aliphatic heterocycles. The highest BCUT2D eigenvalue weighted by molar-refractivity contribution is 5.94. The zero-order chi connectivity index (χ0) is 34.7. The minimum Gasteiger partial charge on any atom is -0.394 e. The van der Waals surface area contributed by atoms with Gasteiger partial charge in [0.2, 0.25) is 0 Å². The van der Waals surface area contributed by atoms with Gasteiger partial charge in [-0.25, -0.2) is 4.98 Å². The molecule has 1 aliphatic rings. The average molecular weight is 650 g/mol. The van der Waals surface area contributed by atoms with Crippen LogP contribution < -0.4 is 16.9 Å². The Balaban J connectivity index is 0.000000188. The lowest BCUT2D eigenvalue weighted by atomic mass is 9.98. The standard InChI is InChI=1S/C19H21N3O3.C18H22N4O/c1-12(2)9-14-5-4-6-15-10-16(20-18(14)15)11-21-13(3)7-8-17(19(21)23)22(24)25;1-11(2)9-13-5-4-6-15-17(13)21-16(20-15)10-22-12(3)7-8-14(19)18(22)23/h4-8,12H,9-11H2,1-3H3;4-8,11H,9-10,19H2,1-3H3,(H,20,21). The van der Waals surface area contributed by atoms with E-state index in [-0.39, 0.29) is 17.8 Å². The summed E-state index contributed by atoms with van der Waals surface area (Å²) in [6.07, 6.45) is 2.62. The van der Waals surface area contributed by atoms with E-state index in [9.17, 15) is 19.7 Å². The molecule has 2 aromatic carbocycles. The second-order valence-electron chi connectivity index (χ2n) is 13.3. The van der Waals surface area contributed by atoms with Crippen molar-refractivity contribution in [2.75, 3.05) is 5.73 Å². The minimum absolute atomic E-state index is 0.173. The highest BCUT2D eigenvalue weighted by Gasteiger charge is 2.21. The number of H-pyrrole nitrogens is 1. The minimum atomic E-state index is -0.635. The molecule has 4 heterocycles. The van der Waals surface area contributed by atoms with E-state index >= 15 is 0 Å². The number of nitrogens with zero attached hydrogens (tertiary/aromatic N) is 5. The van der Waals surface area contributed by atoms with Gasteiger partial charge in [0.15, 0.2) is 0 Å². The van der Waals surface area contributed by atoms with Gasteiger partial charge >= 0.3 is 11.2 Å². The fourth-order valence-corrected chi connectivity index (χ4v) is 6.08. The van der Waals surface area contributed by atoms with E-state index in [1.807, 2.05) is 31.2 Å². The molecule has 48 heavy (non-hydrogen) atoms. The van der Waals surface area contributed by atoms with Gasteiger partial charge < -0.3 is 19.9 Å². The number of rotatable bonds is 9. The van der Waals surface area contributed by atoms with Gasteiger partial charge in [-0.15, -0.1) is 0 Å².